The van der Waals surface area contributed by atoms with E-state index in [0.717, 1.165) is 24.1 Å². The quantitative estimate of drug-likeness (QED) is 0.748. The lowest BCUT2D eigenvalue weighted by atomic mass is 9.84. The molecule has 2 saturated heterocycles. The molecule has 3 heterocycles. The molecule has 4 rings (SSSR count). The smallest absolute Gasteiger partial charge is 0.229 e. The minimum absolute atomic E-state index is 0.174. The number of rotatable bonds is 4. The summed E-state index contributed by atoms with van der Waals surface area (Å²) in [6, 6.07) is 8.79. The van der Waals surface area contributed by atoms with Crippen molar-refractivity contribution < 1.29 is 0 Å². The third-order valence-electron chi connectivity index (χ3n) is 6.16. The van der Waals surface area contributed by atoms with Crippen molar-refractivity contribution in [1.29, 1.82) is 5.26 Å². The molecule has 29 heavy (non-hydrogen) atoms. The summed E-state index contributed by atoms with van der Waals surface area (Å²) in [5.74, 6) is 1.12. The van der Waals surface area contributed by atoms with Gasteiger partial charge in [-0.2, -0.15) is 10.2 Å². The van der Waals surface area contributed by atoms with Gasteiger partial charge in [0.2, 0.25) is 5.95 Å². The van der Waals surface area contributed by atoms with E-state index < -0.39 is 0 Å². The van der Waals surface area contributed by atoms with Crippen molar-refractivity contribution >= 4 is 29.1 Å². The maximum absolute atomic E-state index is 9.24. The number of aryl methyl sites for hydroxylation is 1. The number of benzene rings is 1. The third-order valence-corrected chi connectivity index (χ3v) is 6.43. The Morgan fingerprint density at radius 2 is 2.17 bits per heavy atom. The van der Waals surface area contributed by atoms with Crippen molar-refractivity contribution in [3.05, 3.63) is 40.5 Å². The Labute approximate surface area is 177 Å². The predicted molar refractivity (Wildman–Crippen MR) is 117 cm³/mol. The Balaban J connectivity index is 1.51. The molecule has 0 unspecified atom stereocenters. The van der Waals surface area contributed by atoms with Crippen LogP contribution in [0.1, 0.15) is 50.7 Å². The highest BCUT2D eigenvalue weighted by Gasteiger charge is 2.42. The van der Waals surface area contributed by atoms with Gasteiger partial charge in [0.1, 0.15) is 5.02 Å². The SMILES string of the molecule is Cc1ccc(Nc2ncc(Cl)c(N[C@@H]3C[C@@H]4CCCN4C(C)(C)C3)n2)cc1C#N. The van der Waals surface area contributed by atoms with Crippen molar-refractivity contribution in [2.75, 3.05) is 17.2 Å². The summed E-state index contributed by atoms with van der Waals surface area (Å²) < 4.78 is 0. The fourth-order valence-corrected chi connectivity index (χ4v) is 4.94. The van der Waals surface area contributed by atoms with Gasteiger partial charge < -0.3 is 10.6 Å². The summed E-state index contributed by atoms with van der Waals surface area (Å²) in [6.07, 6.45) is 6.32. The van der Waals surface area contributed by atoms with Crippen molar-refractivity contribution in [3.8, 4) is 6.07 Å². The monoisotopic (exact) mass is 410 g/mol. The Morgan fingerprint density at radius 3 is 2.97 bits per heavy atom. The summed E-state index contributed by atoms with van der Waals surface area (Å²) in [4.78, 5) is 11.6. The largest absolute Gasteiger partial charge is 0.366 e. The molecule has 0 radical (unpaired) electrons. The lowest BCUT2D eigenvalue weighted by Gasteiger charge is -2.47. The van der Waals surface area contributed by atoms with E-state index in [2.05, 4.69) is 45.4 Å². The van der Waals surface area contributed by atoms with Gasteiger partial charge in [-0.3, -0.25) is 4.90 Å². The predicted octanol–water partition coefficient (Wildman–Crippen LogP) is 4.87. The van der Waals surface area contributed by atoms with Gasteiger partial charge in [0.25, 0.3) is 0 Å². The van der Waals surface area contributed by atoms with E-state index in [4.69, 9.17) is 11.6 Å². The fourth-order valence-electron chi connectivity index (χ4n) is 4.79. The molecule has 2 fully saturated rings. The van der Waals surface area contributed by atoms with Crippen LogP contribution in [0, 0.1) is 18.3 Å². The van der Waals surface area contributed by atoms with Crippen LogP contribution in [0.4, 0.5) is 17.5 Å². The first-order valence-electron chi connectivity index (χ1n) is 10.2. The van der Waals surface area contributed by atoms with Crippen molar-refractivity contribution in [2.45, 2.75) is 64.1 Å². The maximum atomic E-state index is 9.24. The van der Waals surface area contributed by atoms with Gasteiger partial charge in [0, 0.05) is 23.3 Å². The summed E-state index contributed by atoms with van der Waals surface area (Å²) in [5, 5.41) is 16.5. The van der Waals surface area contributed by atoms with E-state index in [1.54, 1.807) is 12.3 Å². The number of nitrogens with zero attached hydrogens (tertiary/aromatic N) is 4. The second-order valence-corrected chi connectivity index (χ2v) is 9.15. The number of hydrogen-bond donors (Lipinski definition) is 2. The number of piperidine rings is 1. The van der Waals surface area contributed by atoms with Crippen LogP contribution in [0.5, 0.6) is 0 Å². The first-order chi connectivity index (χ1) is 13.9. The lowest BCUT2D eigenvalue weighted by molar-refractivity contribution is 0.0501. The maximum Gasteiger partial charge on any atom is 0.229 e. The second-order valence-electron chi connectivity index (χ2n) is 8.74. The summed E-state index contributed by atoms with van der Waals surface area (Å²) in [5.41, 5.74) is 2.53. The number of halogens is 1. The van der Waals surface area contributed by atoms with Crippen LogP contribution in [0.25, 0.3) is 0 Å². The normalized spacial score (nSPS) is 23.3. The second kappa shape index (κ2) is 7.81. The third kappa shape index (κ3) is 4.17. The first-order valence-corrected chi connectivity index (χ1v) is 10.6. The number of nitrogens with one attached hydrogen (secondary N) is 2. The number of aromatic nitrogens is 2. The molecule has 2 N–H and O–H groups in total. The zero-order valence-electron chi connectivity index (χ0n) is 17.2. The van der Waals surface area contributed by atoms with E-state index in [1.807, 2.05) is 19.1 Å². The highest BCUT2D eigenvalue weighted by atomic mass is 35.5. The molecule has 6 nitrogen and oxygen atoms in total. The number of nitriles is 1. The zero-order valence-corrected chi connectivity index (χ0v) is 17.9. The van der Waals surface area contributed by atoms with E-state index >= 15 is 0 Å². The topological polar surface area (TPSA) is 76.9 Å². The molecule has 2 aromatic rings. The summed E-state index contributed by atoms with van der Waals surface area (Å²) >= 11 is 6.40. The van der Waals surface area contributed by atoms with Crippen LogP contribution in [-0.2, 0) is 0 Å². The van der Waals surface area contributed by atoms with E-state index in [9.17, 15) is 5.26 Å². The highest BCUT2D eigenvalue weighted by Crippen LogP contribution is 2.39. The van der Waals surface area contributed by atoms with Crippen LogP contribution < -0.4 is 10.6 Å². The molecule has 0 bridgehead atoms. The Kier molecular flexibility index (Phi) is 5.37. The van der Waals surface area contributed by atoms with Crippen molar-refractivity contribution in [1.82, 2.24) is 14.9 Å². The molecule has 0 aliphatic carbocycles. The van der Waals surface area contributed by atoms with Crippen LogP contribution in [0.15, 0.2) is 24.4 Å². The minimum atomic E-state index is 0.174. The summed E-state index contributed by atoms with van der Waals surface area (Å²) in [6.45, 7) is 7.78. The number of hydrogen-bond acceptors (Lipinski definition) is 6. The standard InChI is InChI=1S/C22H27ClN6/c1-14-6-7-16(9-15(14)12-24)27-21-25-13-19(23)20(28-21)26-17-10-18-5-4-8-29(18)22(2,3)11-17/h6-7,9,13,17-18H,4-5,8,10-11H2,1-3H3,(H2,25,26,27,28)/t17-,18+/m1/s1. The molecule has 1 aromatic heterocycles. The molecule has 7 heteroatoms. The number of fused-ring (bicyclic) bond motifs is 1. The van der Waals surface area contributed by atoms with Gasteiger partial charge in [-0.1, -0.05) is 17.7 Å². The molecule has 2 atom stereocenters. The molecular weight excluding hydrogens is 384 g/mol. The Hall–Kier alpha value is -2.36. The van der Waals surface area contributed by atoms with Gasteiger partial charge in [0.15, 0.2) is 5.82 Å². The molecule has 1 aromatic carbocycles. The zero-order chi connectivity index (χ0) is 20.6. The fraction of sp³-hybridized carbons (Fsp3) is 0.500. The van der Waals surface area contributed by atoms with E-state index in [1.165, 1.54) is 19.4 Å². The van der Waals surface area contributed by atoms with Gasteiger partial charge >= 0.3 is 0 Å². The van der Waals surface area contributed by atoms with Gasteiger partial charge in [-0.05, 0) is 70.7 Å². The van der Waals surface area contributed by atoms with Crippen molar-refractivity contribution in [3.63, 3.8) is 0 Å². The van der Waals surface area contributed by atoms with Crippen LogP contribution in [0.2, 0.25) is 5.02 Å². The molecule has 0 spiro atoms. The molecule has 2 aliphatic rings. The van der Waals surface area contributed by atoms with E-state index in [0.29, 0.717) is 34.4 Å². The Morgan fingerprint density at radius 1 is 1.34 bits per heavy atom. The van der Waals surface area contributed by atoms with Gasteiger partial charge in [0.05, 0.1) is 17.8 Å². The molecule has 152 valence electrons. The summed E-state index contributed by atoms with van der Waals surface area (Å²) in [7, 11) is 0. The average Bonchev–Trinajstić information content (AvgIpc) is 3.15. The average molecular weight is 411 g/mol. The first kappa shape index (κ1) is 19.9. The molecular formula is C22H27ClN6. The van der Waals surface area contributed by atoms with Crippen LogP contribution in [0.3, 0.4) is 0 Å². The minimum Gasteiger partial charge on any atom is -0.366 e. The Bertz CT molecular complexity index is 951. The van der Waals surface area contributed by atoms with Gasteiger partial charge in [-0.15, -0.1) is 0 Å². The van der Waals surface area contributed by atoms with Gasteiger partial charge in [-0.25, -0.2) is 4.98 Å². The lowest BCUT2D eigenvalue weighted by Crippen LogP contribution is -2.55. The van der Waals surface area contributed by atoms with Crippen molar-refractivity contribution in [2.24, 2.45) is 0 Å². The molecule has 2 aliphatic heterocycles. The highest BCUT2D eigenvalue weighted by molar-refractivity contribution is 6.32. The number of anilines is 3. The van der Waals surface area contributed by atoms with Crippen LogP contribution in [-0.4, -0.2) is 39.0 Å². The molecule has 0 amide bonds. The van der Waals surface area contributed by atoms with Crippen LogP contribution >= 0.6 is 11.6 Å². The van der Waals surface area contributed by atoms with E-state index in [-0.39, 0.29) is 5.54 Å². The molecule has 0 saturated carbocycles.